The Hall–Kier alpha value is -0.630. The Morgan fingerprint density at radius 3 is 2.61 bits per heavy atom. The van der Waals surface area contributed by atoms with Crippen LogP contribution < -0.4 is 4.72 Å². The van der Waals surface area contributed by atoms with Gasteiger partial charge in [-0.05, 0) is 45.6 Å². The van der Waals surface area contributed by atoms with Crippen LogP contribution in [0.2, 0.25) is 5.02 Å². The highest BCUT2D eigenvalue weighted by molar-refractivity contribution is 9.10. The van der Waals surface area contributed by atoms with Crippen LogP contribution in [0.1, 0.15) is 0 Å². The Morgan fingerprint density at radius 1 is 1.33 bits per heavy atom. The number of benzene rings is 1. The maximum atomic E-state index is 12.9. The van der Waals surface area contributed by atoms with Crippen molar-refractivity contribution in [2.24, 2.45) is 0 Å². The molecule has 0 radical (unpaired) electrons. The predicted octanol–water partition coefficient (Wildman–Crippen LogP) is 4.10. The molecule has 0 atom stereocenters. The van der Waals surface area contributed by atoms with E-state index in [1.54, 1.807) is 11.4 Å². The molecule has 1 aromatic carbocycles. The molecule has 3 nitrogen and oxygen atoms in total. The van der Waals surface area contributed by atoms with Crippen LogP contribution in [-0.4, -0.2) is 8.42 Å². The van der Waals surface area contributed by atoms with Crippen molar-refractivity contribution >= 4 is 54.6 Å². The average molecular weight is 371 g/mol. The molecule has 0 aliphatic carbocycles. The highest BCUT2D eigenvalue weighted by atomic mass is 79.9. The summed E-state index contributed by atoms with van der Waals surface area (Å²) in [5.74, 6) is -0.528. The van der Waals surface area contributed by atoms with Crippen molar-refractivity contribution in [2.45, 2.75) is 4.21 Å². The normalized spacial score (nSPS) is 11.5. The molecular weight excluding hydrogens is 365 g/mol. The monoisotopic (exact) mass is 369 g/mol. The standard InChI is InChI=1S/C10H6BrClFNO2S2/c11-7-3-4-17-10(7)18(15,16)14-9-2-1-6(13)5-8(9)12/h1-5,14H. The fourth-order valence-corrected chi connectivity index (χ4v) is 4.92. The fourth-order valence-electron chi connectivity index (χ4n) is 1.23. The number of anilines is 1. The first-order valence-corrected chi connectivity index (χ1v) is 8.14. The van der Waals surface area contributed by atoms with Gasteiger partial charge in [0, 0.05) is 4.47 Å². The SMILES string of the molecule is O=S(=O)(Nc1ccc(F)cc1Cl)c1sccc1Br. The van der Waals surface area contributed by atoms with Gasteiger partial charge in [-0.2, -0.15) is 0 Å². The minimum absolute atomic E-state index is 0.00579. The van der Waals surface area contributed by atoms with Gasteiger partial charge >= 0.3 is 0 Å². The van der Waals surface area contributed by atoms with Gasteiger partial charge < -0.3 is 0 Å². The molecule has 0 saturated carbocycles. The summed E-state index contributed by atoms with van der Waals surface area (Å²) >= 11 is 9.98. The molecule has 8 heteroatoms. The van der Waals surface area contributed by atoms with E-state index in [0.717, 1.165) is 23.5 Å². The Balaban J connectivity index is 2.37. The highest BCUT2D eigenvalue weighted by Gasteiger charge is 2.20. The number of thiophene rings is 1. The Labute approximate surface area is 121 Å². The Morgan fingerprint density at radius 2 is 2.06 bits per heavy atom. The van der Waals surface area contributed by atoms with Crippen molar-refractivity contribution in [2.75, 3.05) is 4.72 Å². The van der Waals surface area contributed by atoms with Gasteiger partial charge in [0.05, 0.1) is 10.7 Å². The number of hydrogen-bond donors (Lipinski definition) is 1. The van der Waals surface area contributed by atoms with Crippen LogP contribution in [0.15, 0.2) is 38.3 Å². The van der Waals surface area contributed by atoms with Gasteiger partial charge in [0.15, 0.2) is 4.21 Å². The van der Waals surface area contributed by atoms with E-state index in [1.165, 1.54) is 6.07 Å². The van der Waals surface area contributed by atoms with E-state index in [1.807, 2.05) is 0 Å². The van der Waals surface area contributed by atoms with Crippen LogP contribution in [0, 0.1) is 5.82 Å². The molecule has 0 aliphatic rings. The quantitative estimate of drug-likeness (QED) is 0.884. The summed E-state index contributed by atoms with van der Waals surface area (Å²) in [6.45, 7) is 0. The van der Waals surface area contributed by atoms with Gasteiger partial charge in [0.25, 0.3) is 10.0 Å². The Bertz CT molecular complexity index is 687. The molecule has 0 unspecified atom stereocenters. The lowest BCUT2D eigenvalue weighted by atomic mass is 10.3. The van der Waals surface area contributed by atoms with E-state index in [9.17, 15) is 12.8 Å². The molecule has 0 spiro atoms. The molecule has 0 bridgehead atoms. The van der Waals surface area contributed by atoms with E-state index in [0.29, 0.717) is 4.47 Å². The lowest BCUT2D eigenvalue weighted by Crippen LogP contribution is -2.12. The third kappa shape index (κ3) is 2.85. The summed E-state index contributed by atoms with van der Waals surface area (Å²) in [5.41, 5.74) is 0.137. The van der Waals surface area contributed by atoms with Crippen molar-refractivity contribution in [1.29, 1.82) is 0 Å². The number of rotatable bonds is 3. The van der Waals surface area contributed by atoms with Gasteiger partial charge in [0.2, 0.25) is 0 Å². The summed E-state index contributed by atoms with van der Waals surface area (Å²) < 4.78 is 39.8. The molecular formula is C10H6BrClFNO2S2. The molecule has 2 rings (SSSR count). The van der Waals surface area contributed by atoms with Gasteiger partial charge in [-0.15, -0.1) is 11.3 Å². The van der Waals surface area contributed by atoms with Gasteiger partial charge in [-0.3, -0.25) is 4.72 Å². The molecule has 1 heterocycles. The molecule has 18 heavy (non-hydrogen) atoms. The Kier molecular flexibility index (Phi) is 3.96. The molecule has 0 aliphatic heterocycles. The number of halogens is 3. The lowest BCUT2D eigenvalue weighted by molar-refractivity contribution is 0.602. The zero-order valence-electron chi connectivity index (χ0n) is 8.65. The molecule has 0 fully saturated rings. The van der Waals surface area contributed by atoms with Crippen LogP contribution in [-0.2, 0) is 10.0 Å². The largest absolute Gasteiger partial charge is 0.277 e. The summed E-state index contributed by atoms with van der Waals surface area (Å²) in [7, 11) is -3.72. The van der Waals surface area contributed by atoms with E-state index in [4.69, 9.17) is 11.6 Å². The van der Waals surface area contributed by atoms with E-state index >= 15 is 0 Å². The summed E-state index contributed by atoms with van der Waals surface area (Å²) in [6.07, 6.45) is 0. The van der Waals surface area contributed by atoms with Crippen LogP contribution >= 0.6 is 38.9 Å². The highest BCUT2D eigenvalue weighted by Crippen LogP contribution is 2.31. The van der Waals surface area contributed by atoms with Gasteiger partial charge in [-0.25, -0.2) is 12.8 Å². The number of hydrogen-bond acceptors (Lipinski definition) is 3. The maximum Gasteiger partial charge on any atom is 0.272 e. The lowest BCUT2D eigenvalue weighted by Gasteiger charge is -2.08. The van der Waals surface area contributed by atoms with Crippen LogP contribution in [0.25, 0.3) is 0 Å². The third-order valence-electron chi connectivity index (χ3n) is 2.00. The molecule has 96 valence electrons. The number of nitrogens with one attached hydrogen (secondary N) is 1. The summed E-state index contributed by atoms with van der Waals surface area (Å²) in [5, 5.41) is 1.65. The van der Waals surface area contributed by atoms with Crippen LogP contribution in [0.5, 0.6) is 0 Å². The molecule has 0 amide bonds. The van der Waals surface area contributed by atoms with Crippen molar-refractivity contribution in [3.8, 4) is 0 Å². The predicted molar refractivity (Wildman–Crippen MR) is 74.2 cm³/mol. The average Bonchev–Trinajstić information content (AvgIpc) is 2.69. The first-order chi connectivity index (χ1) is 8.40. The first kappa shape index (κ1) is 13.8. The van der Waals surface area contributed by atoms with E-state index < -0.39 is 15.8 Å². The molecule has 1 aromatic heterocycles. The minimum atomic E-state index is -3.72. The van der Waals surface area contributed by atoms with Crippen molar-refractivity contribution in [3.63, 3.8) is 0 Å². The molecule has 0 saturated heterocycles. The van der Waals surface area contributed by atoms with E-state index in [-0.39, 0.29) is 14.9 Å². The summed E-state index contributed by atoms with van der Waals surface area (Å²) in [6, 6.07) is 5.08. The minimum Gasteiger partial charge on any atom is -0.277 e. The maximum absolute atomic E-state index is 12.9. The first-order valence-electron chi connectivity index (χ1n) is 4.61. The van der Waals surface area contributed by atoms with Gasteiger partial charge in [0.1, 0.15) is 5.82 Å². The van der Waals surface area contributed by atoms with Crippen LogP contribution in [0.3, 0.4) is 0 Å². The van der Waals surface area contributed by atoms with Crippen molar-refractivity contribution in [1.82, 2.24) is 0 Å². The van der Waals surface area contributed by atoms with Crippen LogP contribution in [0.4, 0.5) is 10.1 Å². The third-order valence-corrected chi connectivity index (χ3v) is 6.35. The van der Waals surface area contributed by atoms with E-state index in [2.05, 4.69) is 20.7 Å². The number of sulfonamides is 1. The fraction of sp³-hybridized carbons (Fsp3) is 0. The second-order valence-corrected chi connectivity index (χ2v) is 7.34. The topological polar surface area (TPSA) is 46.2 Å². The van der Waals surface area contributed by atoms with Gasteiger partial charge in [-0.1, -0.05) is 11.6 Å². The second-order valence-electron chi connectivity index (χ2n) is 3.29. The van der Waals surface area contributed by atoms with Crippen molar-refractivity contribution in [3.05, 3.63) is 45.0 Å². The second kappa shape index (κ2) is 5.16. The molecule has 1 N–H and O–H groups in total. The zero-order valence-corrected chi connectivity index (χ0v) is 12.6. The molecule has 2 aromatic rings. The van der Waals surface area contributed by atoms with Crippen molar-refractivity contribution < 1.29 is 12.8 Å². The zero-order chi connectivity index (χ0) is 13.3. The summed E-state index contributed by atoms with van der Waals surface area (Å²) in [4.78, 5) is 0. The smallest absolute Gasteiger partial charge is 0.272 e.